The molecule has 2 heterocycles. The molecular formula is C35H30Cl2FN5O3S. The van der Waals surface area contributed by atoms with Crippen LogP contribution in [0.2, 0.25) is 10.0 Å². The van der Waals surface area contributed by atoms with Crippen molar-refractivity contribution >= 4 is 52.5 Å². The summed E-state index contributed by atoms with van der Waals surface area (Å²) in [5.74, 6) is 1.29. The number of hydrogen-bond donors (Lipinski definition) is 2. The summed E-state index contributed by atoms with van der Waals surface area (Å²) in [6.45, 7) is 4.37. The molecule has 0 spiro atoms. The predicted molar refractivity (Wildman–Crippen MR) is 184 cm³/mol. The first-order valence-electron chi connectivity index (χ1n) is 14.8. The Morgan fingerprint density at radius 1 is 1.00 bits per heavy atom. The maximum Gasteiger partial charge on any atom is 0.255 e. The van der Waals surface area contributed by atoms with Crippen molar-refractivity contribution in [2.75, 3.05) is 17.2 Å². The third-order valence-electron chi connectivity index (χ3n) is 7.41. The molecule has 12 heteroatoms. The van der Waals surface area contributed by atoms with Crippen molar-refractivity contribution in [2.24, 2.45) is 0 Å². The molecule has 0 fully saturated rings. The average molecular weight is 691 g/mol. The molecule has 0 saturated carbocycles. The van der Waals surface area contributed by atoms with Crippen molar-refractivity contribution in [3.05, 3.63) is 135 Å². The maximum absolute atomic E-state index is 14.3. The lowest BCUT2D eigenvalue weighted by molar-refractivity contribution is -0.113. The summed E-state index contributed by atoms with van der Waals surface area (Å²) in [5, 5.41) is 12.5. The standard InChI is InChI=1S/C35H30Cl2FN5O3S/c1-3-45-30-14-7-6-13-29(30)40-33(44)31-21(2)39-34-41-35(47-20-24-9-4-5-12-28(24)38)42-43(34)32(31)22-10-8-11-26(17-22)46-19-23-15-16-25(36)18-27(23)37/h4-18,32H,3,19-20H2,1-2H3,(H,40,44)(H,39,41,42). The van der Waals surface area contributed by atoms with Gasteiger partial charge >= 0.3 is 0 Å². The number of ether oxygens (including phenoxy) is 2. The van der Waals surface area contributed by atoms with Crippen LogP contribution in [-0.4, -0.2) is 27.3 Å². The first kappa shape index (κ1) is 32.4. The number of rotatable bonds is 11. The minimum Gasteiger partial charge on any atom is -0.492 e. The topological polar surface area (TPSA) is 90.3 Å². The average Bonchev–Trinajstić information content (AvgIpc) is 3.46. The smallest absolute Gasteiger partial charge is 0.255 e. The number of nitrogens with one attached hydrogen (secondary N) is 2. The van der Waals surface area contributed by atoms with Crippen molar-refractivity contribution in [3.63, 3.8) is 0 Å². The third kappa shape index (κ3) is 7.40. The van der Waals surface area contributed by atoms with Gasteiger partial charge in [0, 0.05) is 27.1 Å². The fourth-order valence-corrected chi connectivity index (χ4v) is 6.45. The van der Waals surface area contributed by atoms with Crippen LogP contribution in [0.1, 0.15) is 36.6 Å². The first-order chi connectivity index (χ1) is 22.8. The molecule has 5 aromatic rings. The van der Waals surface area contributed by atoms with Gasteiger partial charge in [-0.1, -0.05) is 83.5 Å². The summed E-state index contributed by atoms with van der Waals surface area (Å²) < 4.78 is 27.9. The Hall–Kier alpha value is -4.51. The van der Waals surface area contributed by atoms with Gasteiger partial charge in [-0.05, 0) is 67.4 Å². The number of benzene rings is 4. The number of para-hydroxylation sites is 2. The molecule has 2 N–H and O–H groups in total. The van der Waals surface area contributed by atoms with E-state index in [2.05, 4.69) is 10.6 Å². The van der Waals surface area contributed by atoms with E-state index in [1.165, 1.54) is 17.8 Å². The number of thioether (sulfide) groups is 1. The van der Waals surface area contributed by atoms with Crippen LogP contribution in [0.3, 0.4) is 0 Å². The number of amides is 1. The number of anilines is 2. The van der Waals surface area contributed by atoms with Gasteiger partial charge in [0.2, 0.25) is 11.1 Å². The Morgan fingerprint density at radius 3 is 2.62 bits per heavy atom. The maximum atomic E-state index is 14.3. The molecule has 1 atom stereocenters. The van der Waals surface area contributed by atoms with E-state index in [-0.39, 0.29) is 18.3 Å². The second-order valence-corrected chi connectivity index (χ2v) is 12.4. The lowest BCUT2D eigenvalue weighted by atomic mass is 9.94. The molecule has 1 aliphatic heterocycles. The zero-order valence-electron chi connectivity index (χ0n) is 25.5. The highest BCUT2D eigenvalue weighted by Gasteiger charge is 2.35. The minimum atomic E-state index is -0.677. The van der Waals surface area contributed by atoms with E-state index < -0.39 is 6.04 Å². The summed E-state index contributed by atoms with van der Waals surface area (Å²) >= 11 is 13.7. The molecule has 0 radical (unpaired) electrons. The second-order valence-electron chi connectivity index (χ2n) is 10.6. The molecular weight excluding hydrogens is 660 g/mol. The second kappa shape index (κ2) is 14.5. The van der Waals surface area contributed by atoms with Crippen LogP contribution in [0.5, 0.6) is 11.5 Å². The highest BCUT2D eigenvalue weighted by Crippen LogP contribution is 2.39. The number of carbonyl (C=O) groups excluding carboxylic acids is 1. The lowest BCUT2D eigenvalue weighted by Crippen LogP contribution is -2.31. The largest absolute Gasteiger partial charge is 0.492 e. The third-order valence-corrected chi connectivity index (χ3v) is 8.88. The molecule has 1 aromatic heterocycles. The van der Waals surface area contributed by atoms with Gasteiger partial charge in [-0.25, -0.2) is 9.07 Å². The molecule has 47 heavy (non-hydrogen) atoms. The Kier molecular flexibility index (Phi) is 10.0. The molecule has 0 saturated heterocycles. The molecule has 240 valence electrons. The first-order valence-corrected chi connectivity index (χ1v) is 16.5. The van der Waals surface area contributed by atoms with Crippen molar-refractivity contribution in [1.29, 1.82) is 0 Å². The van der Waals surface area contributed by atoms with E-state index in [1.54, 1.807) is 47.1 Å². The molecule has 1 aliphatic rings. The molecule has 1 unspecified atom stereocenters. The Balaban J connectivity index is 1.34. The van der Waals surface area contributed by atoms with Crippen LogP contribution in [-0.2, 0) is 17.2 Å². The number of fused-ring (bicyclic) bond motifs is 1. The van der Waals surface area contributed by atoms with E-state index in [4.69, 9.17) is 42.8 Å². The quantitative estimate of drug-likeness (QED) is 0.134. The monoisotopic (exact) mass is 689 g/mol. The SMILES string of the molecule is CCOc1ccccc1NC(=O)C1=C(C)Nc2nc(SCc3ccccc3F)nn2C1c1cccc(OCc2ccc(Cl)cc2Cl)c1. The molecule has 0 aliphatic carbocycles. The van der Waals surface area contributed by atoms with Gasteiger partial charge < -0.3 is 20.1 Å². The normalized spacial score (nSPS) is 13.9. The van der Waals surface area contributed by atoms with Crippen LogP contribution in [0, 0.1) is 5.82 Å². The highest BCUT2D eigenvalue weighted by molar-refractivity contribution is 7.98. The zero-order chi connectivity index (χ0) is 32.9. The summed E-state index contributed by atoms with van der Waals surface area (Å²) in [6.07, 6.45) is 0. The van der Waals surface area contributed by atoms with Crippen LogP contribution in [0.4, 0.5) is 16.0 Å². The number of halogens is 3. The number of aromatic nitrogens is 3. The molecule has 6 rings (SSSR count). The zero-order valence-corrected chi connectivity index (χ0v) is 27.8. The number of allylic oxidation sites excluding steroid dienone is 1. The lowest BCUT2D eigenvalue weighted by Gasteiger charge is -2.29. The predicted octanol–water partition coefficient (Wildman–Crippen LogP) is 8.92. The van der Waals surface area contributed by atoms with Gasteiger partial charge in [0.25, 0.3) is 5.91 Å². The summed E-state index contributed by atoms with van der Waals surface area (Å²) in [5.41, 5.74) is 3.64. The number of nitrogens with zero attached hydrogens (tertiary/aromatic N) is 3. The fraction of sp³-hybridized carbons (Fsp3) is 0.171. The van der Waals surface area contributed by atoms with Gasteiger partial charge in [0.05, 0.1) is 17.9 Å². The Bertz CT molecular complexity index is 1970. The molecule has 0 bridgehead atoms. The van der Waals surface area contributed by atoms with Gasteiger partial charge in [-0.2, -0.15) is 4.98 Å². The van der Waals surface area contributed by atoms with E-state index >= 15 is 0 Å². The van der Waals surface area contributed by atoms with Crippen molar-refractivity contribution in [2.45, 2.75) is 37.4 Å². The van der Waals surface area contributed by atoms with Crippen LogP contribution in [0.25, 0.3) is 0 Å². The van der Waals surface area contributed by atoms with E-state index in [0.29, 0.717) is 67.5 Å². The molecule has 8 nitrogen and oxygen atoms in total. The summed E-state index contributed by atoms with van der Waals surface area (Å²) in [7, 11) is 0. The Labute approximate surface area is 285 Å². The van der Waals surface area contributed by atoms with Gasteiger partial charge in [-0.3, -0.25) is 4.79 Å². The van der Waals surface area contributed by atoms with E-state index in [9.17, 15) is 9.18 Å². The van der Waals surface area contributed by atoms with Crippen LogP contribution >= 0.6 is 35.0 Å². The van der Waals surface area contributed by atoms with E-state index in [0.717, 1.165) is 11.1 Å². The van der Waals surface area contributed by atoms with Crippen molar-refractivity contribution in [3.8, 4) is 11.5 Å². The van der Waals surface area contributed by atoms with E-state index in [1.807, 2.05) is 56.3 Å². The van der Waals surface area contributed by atoms with Crippen molar-refractivity contribution in [1.82, 2.24) is 14.8 Å². The van der Waals surface area contributed by atoms with Crippen molar-refractivity contribution < 1.29 is 18.7 Å². The van der Waals surface area contributed by atoms with Crippen LogP contribution < -0.4 is 20.1 Å². The number of hydrogen-bond acceptors (Lipinski definition) is 7. The van der Waals surface area contributed by atoms with Crippen LogP contribution in [0.15, 0.2) is 107 Å². The summed E-state index contributed by atoms with van der Waals surface area (Å²) in [4.78, 5) is 18.8. The molecule has 4 aromatic carbocycles. The van der Waals surface area contributed by atoms with Gasteiger partial charge in [0.1, 0.15) is 30.0 Å². The minimum absolute atomic E-state index is 0.216. The number of carbonyl (C=O) groups is 1. The Morgan fingerprint density at radius 2 is 1.81 bits per heavy atom. The fourth-order valence-electron chi connectivity index (χ4n) is 5.17. The van der Waals surface area contributed by atoms with Gasteiger partial charge in [-0.15, -0.1) is 5.10 Å². The van der Waals surface area contributed by atoms with Gasteiger partial charge in [0.15, 0.2) is 0 Å². The molecule has 1 amide bonds. The highest BCUT2D eigenvalue weighted by atomic mass is 35.5. The summed E-state index contributed by atoms with van der Waals surface area (Å²) in [6, 6.07) is 25.9.